The summed E-state index contributed by atoms with van der Waals surface area (Å²) in [6.07, 6.45) is 0. The summed E-state index contributed by atoms with van der Waals surface area (Å²) in [6.45, 7) is 5.00. The second-order valence-corrected chi connectivity index (χ2v) is 11.6. The van der Waals surface area contributed by atoms with Crippen molar-refractivity contribution < 1.29 is 0 Å². The summed E-state index contributed by atoms with van der Waals surface area (Å²) in [7, 11) is 15.0. The molecule has 0 atom stereocenters. The van der Waals surface area contributed by atoms with Crippen LogP contribution in [0.2, 0.25) is 0 Å². The Hall–Kier alpha value is 1.51. The van der Waals surface area contributed by atoms with Gasteiger partial charge < -0.3 is 0 Å². The van der Waals surface area contributed by atoms with Gasteiger partial charge in [0.1, 0.15) is 0 Å². The van der Waals surface area contributed by atoms with Crippen LogP contribution in [0.1, 0.15) is 6.92 Å². The molecule has 0 saturated carbocycles. The van der Waals surface area contributed by atoms with E-state index in [0.717, 1.165) is 0 Å². The molecule has 0 N–H and O–H groups in total. The number of hydrogen-bond donors (Lipinski definition) is 0. The van der Waals surface area contributed by atoms with Crippen molar-refractivity contribution in [3.05, 3.63) is 6.92 Å². The Bertz CT molecular complexity index is 13.5. The molecule has 0 unspecified atom stereocenters. The van der Waals surface area contributed by atoms with Gasteiger partial charge >= 0.3 is 42.1 Å². The van der Waals surface area contributed by atoms with Crippen molar-refractivity contribution in [1.82, 2.24) is 0 Å². The van der Waals surface area contributed by atoms with E-state index in [9.17, 15) is 0 Å². The van der Waals surface area contributed by atoms with Crippen molar-refractivity contribution in [3.8, 4) is 0 Å². The summed E-state index contributed by atoms with van der Waals surface area (Å²) in [5, 5.41) is 0. The standard InChI is InChI=1S/C2H5.3ClH.Ga/c1-2;;;;/h1H2,2H3;3*1H;/q;;;;+3/p-3. The summed E-state index contributed by atoms with van der Waals surface area (Å²) in [5.74, 6) is 0. The van der Waals surface area contributed by atoms with E-state index in [1.165, 1.54) is 0 Å². The SMILES string of the molecule is [CH2]C.[Cl][Ga]([Cl])[Cl]. The molecule has 0 aromatic heterocycles. The van der Waals surface area contributed by atoms with E-state index < -0.39 is 13.2 Å². The Morgan fingerprint density at radius 3 is 1.17 bits per heavy atom. The predicted molar refractivity (Wildman–Crippen MR) is 34.3 cm³/mol. The van der Waals surface area contributed by atoms with Crippen LogP contribution in [0.4, 0.5) is 0 Å². The summed E-state index contributed by atoms with van der Waals surface area (Å²) < 4.78 is 0. The van der Waals surface area contributed by atoms with Crippen LogP contribution in [0.25, 0.3) is 0 Å². The fraction of sp³-hybridized carbons (Fsp3) is 0.500. The normalized spacial score (nSPS) is 5.50. The van der Waals surface area contributed by atoms with E-state index in [0.29, 0.717) is 0 Å². The molecule has 0 saturated heterocycles. The van der Waals surface area contributed by atoms with Gasteiger partial charge in [-0.25, -0.2) is 0 Å². The average Bonchev–Trinajstić information content (AvgIpc) is 1.41. The van der Waals surface area contributed by atoms with Crippen molar-refractivity contribution in [2.24, 2.45) is 0 Å². The van der Waals surface area contributed by atoms with Gasteiger partial charge in [-0.05, 0) is 0 Å². The van der Waals surface area contributed by atoms with Gasteiger partial charge in [0, 0.05) is 0 Å². The maximum absolute atomic E-state index is 4.99. The van der Waals surface area contributed by atoms with Crippen LogP contribution in [0.3, 0.4) is 0 Å². The molecule has 6 heavy (non-hydrogen) atoms. The molecule has 4 heteroatoms. The van der Waals surface area contributed by atoms with E-state index in [2.05, 4.69) is 6.92 Å². The molecule has 0 heterocycles. The third kappa shape index (κ3) is 49.3. The van der Waals surface area contributed by atoms with Crippen LogP contribution in [0.5, 0.6) is 0 Å². The zero-order chi connectivity index (χ0) is 5.58. The monoisotopic (exact) mass is 203 g/mol. The zero-order valence-electron chi connectivity index (χ0n) is 3.42. The summed E-state index contributed by atoms with van der Waals surface area (Å²) in [5.41, 5.74) is 0. The molecule has 0 aromatic carbocycles. The van der Waals surface area contributed by atoms with Gasteiger partial charge in [0.05, 0.1) is 0 Å². The molecule has 0 amide bonds. The maximum atomic E-state index is 4.99. The fourth-order valence-electron chi connectivity index (χ4n) is 0. The molecule has 0 nitrogen and oxygen atoms in total. The first-order valence-corrected chi connectivity index (χ1v) is 10.9. The third-order valence-corrected chi connectivity index (χ3v) is 0. The molecule has 0 fully saturated rings. The zero-order valence-corrected chi connectivity index (χ0v) is 8.11. The van der Waals surface area contributed by atoms with Crippen LogP contribution in [-0.4, -0.2) is 13.2 Å². The molecule has 0 spiro atoms. The van der Waals surface area contributed by atoms with Gasteiger partial charge in [0.15, 0.2) is 0 Å². The van der Waals surface area contributed by atoms with Crippen LogP contribution in [-0.2, 0) is 0 Å². The van der Waals surface area contributed by atoms with Crippen molar-refractivity contribution >= 4 is 42.1 Å². The Kier molecular flexibility index (Phi) is 17.0. The quantitative estimate of drug-likeness (QED) is 0.533. The van der Waals surface area contributed by atoms with Gasteiger partial charge in [-0.15, -0.1) is 0 Å². The molecule has 1 radical (unpaired) electrons. The Balaban J connectivity index is 0. The molecular weight excluding hydrogens is 200 g/mol. The summed E-state index contributed by atoms with van der Waals surface area (Å²) >= 11 is -2.06. The third-order valence-electron chi connectivity index (χ3n) is 0. The number of hydrogen-bond acceptors (Lipinski definition) is 0. The van der Waals surface area contributed by atoms with Crippen LogP contribution in [0.15, 0.2) is 0 Å². The Morgan fingerprint density at radius 1 is 1.17 bits per heavy atom. The van der Waals surface area contributed by atoms with Crippen LogP contribution >= 0.6 is 28.9 Å². The Morgan fingerprint density at radius 2 is 1.17 bits per heavy atom. The molecule has 0 aromatic rings. The molecule has 0 aliphatic carbocycles. The van der Waals surface area contributed by atoms with Crippen molar-refractivity contribution in [1.29, 1.82) is 0 Å². The second-order valence-electron chi connectivity index (χ2n) is 0.247. The molecule has 0 aliphatic heterocycles. The summed E-state index contributed by atoms with van der Waals surface area (Å²) in [4.78, 5) is 0. The predicted octanol–water partition coefficient (Wildman–Crippen LogP) is 2.53. The van der Waals surface area contributed by atoms with E-state index >= 15 is 0 Å². The number of halogens is 3. The van der Waals surface area contributed by atoms with Crippen molar-refractivity contribution in [3.63, 3.8) is 0 Å². The second kappa shape index (κ2) is 9.71. The van der Waals surface area contributed by atoms with Gasteiger partial charge in [-0.1, -0.05) is 13.8 Å². The first-order chi connectivity index (χ1) is 2.73. The van der Waals surface area contributed by atoms with Crippen LogP contribution < -0.4 is 0 Å². The Labute approximate surface area is 55.9 Å². The minimum absolute atomic E-state index is 1.75. The van der Waals surface area contributed by atoms with E-state index in [1.54, 1.807) is 6.92 Å². The molecular formula is C2H5Cl3Ga. The van der Waals surface area contributed by atoms with Crippen molar-refractivity contribution in [2.45, 2.75) is 6.92 Å². The van der Waals surface area contributed by atoms with Gasteiger partial charge in [0.2, 0.25) is 0 Å². The summed E-state index contributed by atoms with van der Waals surface area (Å²) in [6, 6.07) is 0. The van der Waals surface area contributed by atoms with E-state index in [-0.39, 0.29) is 0 Å². The molecule has 0 rings (SSSR count). The minimum atomic E-state index is -2.06. The van der Waals surface area contributed by atoms with Crippen LogP contribution in [0, 0.1) is 6.92 Å². The van der Waals surface area contributed by atoms with E-state index in [4.69, 9.17) is 28.9 Å². The first-order valence-electron chi connectivity index (χ1n) is 1.36. The van der Waals surface area contributed by atoms with Gasteiger partial charge in [-0.2, -0.15) is 0 Å². The first kappa shape index (κ1) is 10.5. The van der Waals surface area contributed by atoms with Gasteiger partial charge in [-0.3, -0.25) is 0 Å². The molecule has 37 valence electrons. The topological polar surface area (TPSA) is 0 Å². The average molecular weight is 205 g/mol. The van der Waals surface area contributed by atoms with Gasteiger partial charge in [0.25, 0.3) is 0 Å². The molecule has 0 bridgehead atoms. The van der Waals surface area contributed by atoms with Crippen molar-refractivity contribution in [2.75, 3.05) is 0 Å². The fourth-order valence-corrected chi connectivity index (χ4v) is 0. The molecule has 0 aliphatic rings. The van der Waals surface area contributed by atoms with E-state index in [1.807, 2.05) is 0 Å². The number of rotatable bonds is 0.